The average molecular weight is 438 g/mol. The smallest absolute Gasteiger partial charge is 0.187 e. The summed E-state index contributed by atoms with van der Waals surface area (Å²) < 4.78 is 6.18. The third-order valence-corrected chi connectivity index (χ3v) is 7.20. The molecule has 1 aromatic rings. The number of nitrogens with zero attached hydrogens (tertiary/aromatic N) is 2. The maximum absolute atomic E-state index is 6.43. The van der Waals surface area contributed by atoms with Crippen molar-refractivity contribution in [1.29, 1.82) is 0 Å². The highest BCUT2D eigenvalue weighted by atomic mass is 35.5. The fourth-order valence-corrected chi connectivity index (χ4v) is 4.57. The number of para-hydroxylation sites is 1. The zero-order valence-corrected chi connectivity index (χ0v) is 17.8. The van der Waals surface area contributed by atoms with Gasteiger partial charge in [-0.05, 0) is 18.9 Å². The largest absolute Gasteiger partial charge is 0.469 e. The van der Waals surface area contributed by atoms with Gasteiger partial charge in [0, 0.05) is 30.0 Å². The number of ether oxygens (including phenoxy) is 1. The summed E-state index contributed by atoms with van der Waals surface area (Å²) in [4.78, 5) is 0. The van der Waals surface area contributed by atoms with E-state index in [1.165, 1.54) is 5.56 Å². The highest BCUT2D eigenvalue weighted by Gasteiger charge is 2.39. The number of halogens is 4. The first-order chi connectivity index (χ1) is 12.5. The second kappa shape index (κ2) is 9.23. The lowest BCUT2D eigenvalue weighted by atomic mass is 9.96. The van der Waals surface area contributed by atoms with Gasteiger partial charge in [0.25, 0.3) is 0 Å². The van der Waals surface area contributed by atoms with Crippen molar-refractivity contribution in [2.24, 2.45) is 5.10 Å². The molecule has 2 heterocycles. The van der Waals surface area contributed by atoms with Gasteiger partial charge in [0.05, 0.1) is 22.2 Å². The predicted molar refractivity (Wildman–Crippen MR) is 111 cm³/mol. The zero-order chi connectivity index (χ0) is 18.7. The summed E-state index contributed by atoms with van der Waals surface area (Å²) in [6.07, 6.45) is 4.43. The number of hydrogen-bond donors (Lipinski definition) is 0. The van der Waals surface area contributed by atoms with E-state index in [2.05, 4.69) is 24.1 Å². The zero-order valence-electron chi connectivity index (χ0n) is 14.8. The minimum atomic E-state index is -0.350. The molecule has 0 N–H and O–H groups in total. The van der Waals surface area contributed by atoms with Crippen LogP contribution in [0.3, 0.4) is 0 Å². The summed E-state index contributed by atoms with van der Waals surface area (Å²) in [7, 11) is 0. The van der Waals surface area contributed by atoms with Gasteiger partial charge in [-0.15, -0.1) is 46.4 Å². The molecule has 144 valence electrons. The average Bonchev–Trinajstić information content (AvgIpc) is 3.10. The molecule has 0 bridgehead atoms. The lowest BCUT2D eigenvalue weighted by molar-refractivity contribution is -0.0223. The summed E-state index contributed by atoms with van der Waals surface area (Å²) >= 11 is 24.6. The van der Waals surface area contributed by atoms with E-state index in [0.717, 1.165) is 43.6 Å². The molecular formula is C19H24Cl4N2O. The highest BCUT2D eigenvalue weighted by molar-refractivity contribution is 6.37. The van der Waals surface area contributed by atoms with E-state index in [4.69, 9.17) is 56.2 Å². The molecule has 26 heavy (non-hydrogen) atoms. The van der Waals surface area contributed by atoms with Crippen LogP contribution in [-0.2, 0) is 0 Å². The van der Waals surface area contributed by atoms with E-state index < -0.39 is 0 Å². The third-order valence-electron chi connectivity index (χ3n) is 4.92. The minimum Gasteiger partial charge on any atom is -0.469 e. The van der Waals surface area contributed by atoms with Crippen molar-refractivity contribution in [3.8, 4) is 5.75 Å². The summed E-state index contributed by atoms with van der Waals surface area (Å²) in [5.74, 6) is 1.27. The molecule has 0 saturated carbocycles. The number of rotatable bonds is 8. The Labute approximate surface area is 175 Å². The molecule has 3 rings (SSSR count). The molecule has 0 spiro atoms. The van der Waals surface area contributed by atoms with Crippen LogP contribution in [0.2, 0.25) is 0 Å². The standard InChI is InChI=1S/C19H24Cl4N2O/c1-2-5-18-25-16(13-6-3-4-7-17(13)26-18)10-12(24-25)8-9-14(21)19(23)15(22)11-20/h3-4,6-7,14-16,18-19H,2,5,8-11H2,1H3. The molecular weight excluding hydrogens is 414 g/mol. The SMILES string of the molecule is CCCC1Oc2ccccc2C2CC(CCC(Cl)C(Cl)C(Cl)CCl)=NN12. The number of alkyl halides is 4. The highest BCUT2D eigenvalue weighted by Crippen LogP contribution is 2.43. The Balaban J connectivity index is 1.68. The van der Waals surface area contributed by atoms with E-state index in [9.17, 15) is 0 Å². The first-order valence-corrected chi connectivity index (χ1v) is 11.0. The van der Waals surface area contributed by atoms with E-state index in [1.807, 2.05) is 12.1 Å². The van der Waals surface area contributed by atoms with E-state index in [0.29, 0.717) is 5.88 Å². The van der Waals surface area contributed by atoms with Crippen LogP contribution in [0.15, 0.2) is 29.4 Å². The Morgan fingerprint density at radius 2 is 2.00 bits per heavy atom. The van der Waals surface area contributed by atoms with Crippen LogP contribution >= 0.6 is 46.4 Å². The Bertz CT molecular complexity index is 642. The van der Waals surface area contributed by atoms with Crippen molar-refractivity contribution in [2.45, 2.75) is 67.4 Å². The second-order valence-electron chi connectivity index (χ2n) is 6.83. The van der Waals surface area contributed by atoms with Gasteiger partial charge in [-0.1, -0.05) is 31.5 Å². The fraction of sp³-hybridized carbons (Fsp3) is 0.632. The molecule has 1 aromatic carbocycles. The molecule has 5 atom stereocenters. The Morgan fingerprint density at radius 3 is 2.73 bits per heavy atom. The van der Waals surface area contributed by atoms with E-state index in [1.54, 1.807) is 0 Å². The van der Waals surface area contributed by atoms with Crippen LogP contribution in [0.25, 0.3) is 0 Å². The normalized spacial score (nSPS) is 25.0. The van der Waals surface area contributed by atoms with Crippen molar-refractivity contribution in [1.82, 2.24) is 5.01 Å². The van der Waals surface area contributed by atoms with Crippen LogP contribution in [0.5, 0.6) is 5.75 Å². The predicted octanol–water partition coefficient (Wildman–Crippen LogP) is 6.15. The van der Waals surface area contributed by atoms with Crippen molar-refractivity contribution in [3.63, 3.8) is 0 Å². The van der Waals surface area contributed by atoms with Gasteiger partial charge in [-0.25, -0.2) is 0 Å². The molecule has 0 fully saturated rings. The van der Waals surface area contributed by atoms with Gasteiger partial charge in [-0.3, -0.25) is 5.01 Å². The summed E-state index contributed by atoms with van der Waals surface area (Å²) in [6, 6.07) is 8.50. The lowest BCUT2D eigenvalue weighted by Gasteiger charge is -2.38. The van der Waals surface area contributed by atoms with Crippen LogP contribution in [0.1, 0.15) is 50.6 Å². The van der Waals surface area contributed by atoms with Gasteiger partial charge in [0.15, 0.2) is 6.23 Å². The first-order valence-electron chi connectivity index (χ1n) is 9.13. The number of hydrogen-bond acceptors (Lipinski definition) is 3. The molecule has 0 aromatic heterocycles. The van der Waals surface area contributed by atoms with Crippen molar-refractivity contribution in [3.05, 3.63) is 29.8 Å². The molecule has 0 radical (unpaired) electrons. The van der Waals surface area contributed by atoms with Crippen LogP contribution in [-0.4, -0.2) is 39.0 Å². The van der Waals surface area contributed by atoms with Crippen LogP contribution < -0.4 is 4.74 Å². The van der Waals surface area contributed by atoms with E-state index in [-0.39, 0.29) is 28.4 Å². The van der Waals surface area contributed by atoms with Gasteiger partial charge < -0.3 is 4.74 Å². The summed E-state index contributed by atoms with van der Waals surface area (Å²) in [5.41, 5.74) is 2.35. The monoisotopic (exact) mass is 436 g/mol. The molecule has 3 nitrogen and oxygen atoms in total. The third kappa shape index (κ3) is 4.38. The number of fused-ring (bicyclic) bond motifs is 3. The number of hydrazone groups is 1. The molecule has 7 heteroatoms. The Morgan fingerprint density at radius 1 is 1.23 bits per heavy atom. The Hall–Kier alpha value is -0.350. The molecule has 5 unspecified atom stereocenters. The van der Waals surface area contributed by atoms with Crippen molar-refractivity contribution < 1.29 is 4.74 Å². The maximum atomic E-state index is 6.43. The fourth-order valence-electron chi connectivity index (χ4n) is 3.54. The molecule has 0 amide bonds. The first kappa shape index (κ1) is 20.4. The number of benzene rings is 1. The molecule has 2 aliphatic rings. The van der Waals surface area contributed by atoms with Crippen LogP contribution in [0.4, 0.5) is 0 Å². The Kier molecular flexibility index (Phi) is 7.24. The summed E-state index contributed by atoms with van der Waals surface area (Å²) in [5, 5.41) is 6.09. The molecule has 2 aliphatic heterocycles. The molecule has 0 saturated heterocycles. The van der Waals surface area contributed by atoms with E-state index >= 15 is 0 Å². The van der Waals surface area contributed by atoms with Gasteiger partial charge in [-0.2, -0.15) is 5.10 Å². The van der Waals surface area contributed by atoms with Crippen LogP contribution in [0, 0.1) is 0 Å². The summed E-state index contributed by atoms with van der Waals surface area (Å²) in [6.45, 7) is 2.16. The van der Waals surface area contributed by atoms with Crippen molar-refractivity contribution in [2.75, 3.05) is 5.88 Å². The quantitative estimate of drug-likeness (QED) is 0.455. The second-order valence-corrected chi connectivity index (χ2v) is 8.77. The van der Waals surface area contributed by atoms with Gasteiger partial charge in [0.2, 0.25) is 0 Å². The van der Waals surface area contributed by atoms with Crippen molar-refractivity contribution >= 4 is 52.1 Å². The topological polar surface area (TPSA) is 24.8 Å². The minimum absolute atomic E-state index is 0.00607. The van der Waals surface area contributed by atoms with Gasteiger partial charge in [0.1, 0.15) is 5.75 Å². The molecule has 0 aliphatic carbocycles. The maximum Gasteiger partial charge on any atom is 0.187 e. The lowest BCUT2D eigenvalue weighted by Crippen LogP contribution is -2.40. The van der Waals surface area contributed by atoms with Gasteiger partial charge >= 0.3 is 0 Å².